The zero-order valence-corrected chi connectivity index (χ0v) is 26.0. The first-order chi connectivity index (χ1) is 16.2. The Morgan fingerprint density at radius 3 is 2.06 bits per heavy atom. The van der Waals surface area contributed by atoms with Crippen LogP contribution in [-0.4, -0.2) is 51.9 Å². The highest BCUT2D eigenvalue weighted by atomic mass is 28.4. The highest BCUT2D eigenvalue weighted by molar-refractivity contribution is 6.74. The molecule has 0 aliphatic carbocycles. The normalized spacial score (nSPS) is 18.8. The van der Waals surface area contributed by atoms with Crippen molar-refractivity contribution < 1.29 is 28.0 Å². The van der Waals surface area contributed by atoms with Gasteiger partial charge in [-0.2, -0.15) is 0 Å². The van der Waals surface area contributed by atoms with E-state index in [1.54, 1.807) is 7.11 Å². The Labute approximate surface area is 221 Å². The summed E-state index contributed by atoms with van der Waals surface area (Å²) in [7, 11) is -0.867. The lowest BCUT2D eigenvalue weighted by Crippen LogP contribution is -2.42. The number of ether oxygens (including phenoxy) is 2. The fourth-order valence-corrected chi connectivity index (χ4v) is 4.77. The van der Waals surface area contributed by atoms with Crippen LogP contribution in [0.15, 0.2) is 18.2 Å². The molecule has 0 spiro atoms. The first kappa shape index (κ1) is 30.9. The molecule has 204 valence electrons. The topological polar surface area (TPSA) is 63.2 Å². The second-order valence-corrected chi connectivity index (χ2v) is 18.3. The Kier molecular flexibility index (Phi) is 9.26. The van der Waals surface area contributed by atoms with Crippen molar-refractivity contribution in [3.05, 3.63) is 23.8 Å². The van der Waals surface area contributed by atoms with E-state index in [0.29, 0.717) is 25.2 Å². The van der Waals surface area contributed by atoms with Crippen molar-refractivity contribution in [2.45, 2.75) is 123 Å². The molecule has 8 heteroatoms. The Morgan fingerprint density at radius 1 is 1.03 bits per heavy atom. The number of hydrogen-bond donors (Lipinski definition) is 0. The Morgan fingerprint density at radius 2 is 1.58 bits per heavy atom. The van der Waals surface area contributed by atoms with Crippen molar-refractivity contribution in [2.75, 3.05) is 13.7 Å². The smallest absolute Gasteiger partial charge is 0.497 e. The lowest BCUT2D eigenvalue weighted by Gasteiger charge is -2.37. The SMILES string of the molecule is COc1ccc([C@H](CCC(=O)OC(C)(C)C)CO[Si](C)(C)C(C)(C)C)cc1B1OC(C)(C)C(C)(C)O1. The van der Waals surface area contributed by atoms with Crippen molar-refractivity contribution >= 4 is 26.9 Å². The van der Waals surface area contributed by atoms with E-state index in [1.807, 2.05) is 54.5 Å². The van der Waals surface area contributed by atoms with Gasteiger partial charge in [0.1, 0.15) is 11.4 Å². The zero-order chi connectivity index (χ0) is 27.7. The molecule has 0 N–H and O–H groups in total. The Balaban J connectivity index is 2.37. The van der Waals surface area contributed by atoms with Crippen molar-refractivity contribution in [1.82, 2.24) is 0 Å². The monoisotopic (exact) mass is 520 g/mol. The highest BCUT2D eigenvalue weighted by Gasteiger charge is 2.52. The molecule has 0 amide bonds. The van der Waals surface area contributed by atoms with Crippen LogP contribution in [0.3, 0.4) is 0 Å². The Bertz CT molecular complexity index is 898. The lowest BCUT2D eigenvalue weighted by molar-refractivity contribution is -0.155. The summed E-state index contributed by atoms with van der Waals surface area (Å²) < 4.78 is 30.6. The van der Waals surface area contributed by atoms with Crippen molar-refractivity contribution in [3.63, 3.8) is 0 Å². The largest absolute Gasteiger partial charge is 0.498 e. The molecule has 1 aromatic rings. The number of hydrogen-bond acceptors (Lipinski definition) is 6. The van der Waals surface area contributed by atoms with Crippen LogP contribution in [-0.2, 0) is 23.3 Å². The number of carbonyl (C=O) groups excluding carboxylic acids is 1. The maximum absolute atomic E-state index is 12.6. The summed E-state index contributed by atoms with van der Waals surface area (Å²) in [5.74, 6) is 0.534. The molecule has 6 nitrogen and oxygen atoms in total. The predicted octanol–water partition coefficient (Wildman–Crippen LogP) is 6.22. The maximum Gasteiger partial charge on any atom is 0.498 e. The molecule has 36 heavy (non-hydrogen) atoms. The van der Waals surface area contributed by atoms with E-state index in [2.05, 4.69) is 46.0 Å². The van der Waals surface area contributed by atoms with Crippen molar-refractivity contribution in [2.24, 2.45) is 0 Å². The summed E-state index contributed by atoms with van der Waals surface area (Å²) in [5.41, 5.74) is 0.500. The molecular formula is C28H49BO6Si. The van der Waals surface area contributed by atoms with Crippen LogP contribution in [0.5, 0.6) is 5.75 Å². The molecule has 1 aromatic carbocycles. The fourth-order valence-electron chi connectivity index (χ4n) is 3.72. The van der Waals surface area contributed by atoms with Gasteiger partial charge in [-0.3, -0.25) is 4.79 Å². The van der Waals surface area contributed by atoms with Gasteiger partial charge in [0.25, 0.3) is 0 Å². The van der Waals surface area contributed by atoms with Crippen LogP contribution in [0.25, 0.3) is 0 Å². The molecule has 0 saturated carbocycles. The van der Waals surface area contributed by atoms with E-state index in [9.17, 15) is 4.79 Å². The second kappa shape index (κ2) is 10.8. The predicted molar refractivity (Wildman–Crippen MR) is 150 cm³/mol. The van der Waals surface area contributed by atoms with Crippen LogP contribution >= 0.6 is 0 Å². The molecule has 0 bridgehead atoms. The van der Waals surface area contributed by atoms with E-state index in [1.165, 1.54) is 0 Å². The summed E-state index contributed by atoms with van der Waals surface area (Å²) in [6.45, 7) is 25.6. The minimum Gasteiger partial charge on any atom is -0.497 e. The second-order valence-electron chi connectivity index (χ2n) is 13.5. The van der Waals surface area contributed by atoms with Crippen molar-refractivity contribution in [3.8, 4) is 5.75 Å². The number of rotatable bonds is 9. The van der Waals surface area contributed by atoms with Crippen LogP contribution < -0.4 is 10.2 Å². The summed E-state index contributed by atoms with van der Waals surface area (Å²) in [4.78, 5) is 12.6. The van der Waals surface area contributed by atoms with Gasteiger partial charge in [0.05, 0.1) is 18.3 Å². The first-order valence-electron chi connectivity index (χ1n) is 13.1. The zero-order valence-electron chi connectivity index (χ0n) is 25.0. The van der Waals surface area contributed by atoms with Gasteiger partial charge in [-0.1, -0.05) is 32.9 Å². The van der Waals surface area contributed by atoms with Crippen LogP contribution in [0.4, 0.5) is 0 Å². The average Bonchev–Trinajstić information content (AvgIpc) is 2.92. The molecule has 0 radical (unpaired) electrons. The molecule has 1 saturated heterocycles. The number of benzene rings is 1. The molecule has 1 atom stereocenters. The van der Waals surface area contributed by atoms with Crippen molar-refractivity contribution in [1.29, 1.82) is 0 Å². The highest BCUT2D eigenvalue weighted by Crippen LogP contribution is 2.39. The number of carbonyl (C=O) groups is 1. The van der Waals surface area contributed by atoms with E-state index in [4.69, 9.17) is 23.2 Å². The minimum absolute atomic E-state index is 0.0127. The molecular weight excluding hydrogens is 471 g/mol. The van der Waals surface area contributed by atoms with E-state index in [-0.39, 0.29) is 16.9 Å². The molecule has 1 fully saturated rings. The molecule has 0 aromatic heterocycles. The van der Waals surface area contributed by atoms with Crippen LogP contribution in [0.2, 0.25) is 18.1 Å². The number of esters is 1. The van der Waals surface area contributed by atoms with E-state index in [0.717, 1.165) is 11.0 Å². The van der Waals surface area contributed by atoms with Gasteiger partial charge in [-0.05, 0) is 84.6 Å². The standard InChI is InChI=1S/C28H49BO6Si/c1-25(2,3)33-24(30)17-15-21(19-32-36(12,13)26(4,5)6)20-14-16-23(31-11)22(18-20)29-34-27(7,8)28(9,10)35-29/h14,16,18,21H,15,17,19H2,1-13H3/t21-/m1/s1. The van der Waals surface area contributed by atoms with E-state index < -0.39 is 32.2 Å². The molecule has 1 aliphatic rings. The van der Waals surface area contributed by atoms with Crippen LogP contribution in [0.1, 0.15) is 93.6 Å². The quantitative estimate of drug-likeness (QED) is 0.285. The third kappa shape index (κ3) is 7.59. The minimum atomic E-state index is -1.98. The van der Waals surface area contributed by atoms with E-state index >= 15 is 0 Å². The third-order valence-corrected chi connectivity index (χ3v) is 12.3. The molecule has 1 aliphatic heterocycles. The third-order valence-electron chi connectivity index (χ3n) is 7.80. The van der Waals surface area contributed by atoms with Gasteiger partial charge in [0.2, 0.25) is 0 Å². The van der Waals surface area contributed by atoms with Gasteiger partial charge >= 0.3 is 13.1 Å². The lowest BCUT2D eigenvalue weighted by atomic mass is 9.76. The summed E-state index contributed by atoms with van der Waals surface area (Å²) >= 11 is 0. The van der Waals surface area contributed by atoms with Gasteiger partial charge in [-0.25, -0.2) is 0 Å². The summed E-state index contributed by atoms with van der Waals surface area (Å²) in [6, 6.07) is 6.11. The average molecular weight is 521 g/mol. The van der Waals surface area contributed by atoms with Gasteiger partial charge in [0, 0.05) is 24.4 Å². The van der Waals surface area contributed by atoms with Crippen LogP contribution in [0, 0.1) is 0 Å². The summed E-state index contributed by atoms with van der Waals surface area (Å²) in [5, 5.41) is 0.0937. The fraction of sp³-hybridized carbons (Fsp3) is 0.750. The molecule has 1 heterocycles. The Hall–Kier alpha value is -1.35. The van der Waals surface area contributed by atoms with Gasteiger partial charge < -0.3 is 23.2 Å². The maximum atomic E-state index is 12.6. The number of methoxy groups -OCH3 is 1. The first-order valence-corrected chi connectivity index (χ1v) is 16.0. The molecule has 2 rings (SSSR count). The molecule has 0 unspecified atom stereocenters. The van der Waals surface area contributed by atoms with Gasteiger partial charge in [0.15, 0.2) is 8.32 Å². The van der Waals surface area contributed by atoms with Gasteiger partial charge in [-0.15, -0.1) is 0 Å². The summed E-state index contributed by atoms with van der Waals surface area (Å²) in [6.07, 6.45) is 0.944.